The molecule has 5 heteroatoms. The third-order valence-corrected chi connectivity index (χ3v) is 4.53. The monoisotopic (exact) mass is 285 g/mol. The summed E-state index contributed by atoms with van der Waals surface area (Å²) < 4.78 is 5.39. The van der Waals surface area contributed by atoms with Crippen LogP contribution >= 0.6 is 0 Å². The number of hydrogen-bond acceptors (Lipinski definition) is 4. The smallest absolute Gasteiger partial charge is 0.227 e. The van der Waals surface area contributed by atoms with Gasteiger partial charge in [0.1, 0.15) is 0 Å². The zero-order valence-corrected chi connectivity index (χ0v) is 13.6. The minimum absolute atomic E-state index is 0.0653. The largest absolute Gasteiger partial charge is 0.379 e. The van der Waals surface area contributed by atoms with E-state index in [9.17, 15) is 4.79 Å². The fourth-order valence-electron chi connectivity index (χ4n) is 3.04. The maximum atomic E-state index is 12.3. The van der Waals surface area contributed by atoms with Crippen LogP contribution in [0.4, 0.5) is 0 Å². The van der Waals surface area contributed by atoms with Gasteiger partial charge < -0.3 is 20.3 Å². The van der Waals surface area contributed by atoms with E-state index in [1.807, 2.05) is 7.05 Å². The van der Waals surface area contributed by atoms with Gasteiger partial charge in [0.25, 0.3) is 0 Å². The Labute approximate surface area is 123 Å². The summed E-state index contributed by atoms with van der Waals surface area (Å²) in [7, 11) is 6.06. The Balaban J connectivity index is 2.52. The van der Waals surface area contributed by atoms with Crippen molar-refractivity contribution in [2.75, 3.05) is 40.9 Å². The topological polar surface area (TPSA) is 53.6 Å². The minimum atomic E-state index is -0.0653. The Kier molecular flexibility index (Phi) is 7.48. The first-order valence-electron chi connectivity index (χ1n) is 7.74. The molecule has 0 bridgehead atoms. The van der Waals surface area contributed by atoms with Gasteiger partial charge in [-0.1, -0.05) is 26.7 Å². The van der Waals surface area contributed by atoms with Gasteiger partial charge in [-0.2, -0.15) is 0 Å². The Morgan fingerprint density at radius 2 is 1.95 bits per heavy atom. The molecule has 1 saturated heterocycles. The van der Waals surface area contributed by atoms with Gasteiger partial charge in [-0.15, -0.1) is 0 Å². The summed E-state index contributed by atoms with van der Waals surface area (Å²) in [5.74, 6) is 0.661. The van der Waals surface area contributed by atoms with Gasteiger partial charge in [0.2, 0.25) is 5.91 Å². The molecule has 1 aliphatic rings. The van der Waals surface area contributed by atoms with Crippen molar-refractivity contribution in [3.05, 3.63) is 0 Å². The van der Waals surface area contributed by atoms with Gasteiger partial charge in [0.15, 0.2) is 0 Å². The zero-order valence-electron chi connectivity index (χ0n) is 13.6. The summed E-state index contributed by atoms with van der Waals surface area (Å²) in [6, 6.07) is 0.533. The van der Waals surface area contributed by atoms with E-state index in [2.05, 4.69) is 43.5 Å². The van der Waals surface area contributed by atoms with E-state index in [1.54, 1.807) is 0 Å². The van der Waals surface area contributed by atoms with Crippen molar-refractivity contribution in [3.8, 4) is 0 Å². The SMILES string of the molecule is CCC(CC)C(CNC(=O)C1COCC1NC)N(C)C. The Bertz CT molecular complexity index is 293. The van der Waals surface area contributed by atoms with Crippen LogP contribution in [-0.2, 0) is 9.53 Å². The van der Waals surface area contributed by atoms with Crippen LogP contribution in [0.3, 0.4) is 0 Å². The van der Waals surface area contributed by atoms with Crippen LogP contribution in [0.1, 0.15) is 26.7 Å². The molecule has 3 unspecified atom stereocenters. The Morgan fingerprint density at radius 1 is 1.30 bits per heavy atom. The normalized spacial score (nSPS) is 24.4. The van der Waals surface area contributed by atoms with Crippen molar-refractivity contribution in [1.29, 1.82) is 0 Å². The Hall–Kier alpha value is -0.650. The van der Waals surface area contributed by atoms with E-state index >= 15 is 0 Å². The molecule has 5 nitrogen and oxygen atoms in total. The highest BCUT2D eigenvalue weighted by Crippen LogP contribution is 2.17. The molecule has 0 aromatic heterocycles. The second-order valence-corrected chi connectivity index (χ2v) is 5.89. The maximum absolute atomic E-state index is 12.3. The summed E-state index contributed by atoms with van der Waals surface area (Å²) in [4.78, 5) is 14.5. The van der Waals surface area contributed by atoms with Crippen LogP contribution in [0.5, 0.6) is 0 Å². The molecular formula is C15H31N3O2. The lowest BCUT2D eigenvalue weighted by atomic mass is 9.93. The first kappa shape index (κ1) is 17.4. The lowest BCUT2D eigenvalue weighted by Gasteiger charge is -2.32. The maximum Gasteiger partial charge on any atom is 0.227 e. The number of nitrogens with zero attached hydrogens (tertiary/aromatic N) is 1. The number of ether oxygens (including phenoxy) is 1. The highest BCUT2D eigenvalue weighted by Gasteiger charge is 2.33. The fourth-order valence-corrected chi connectivity index (χ4v) is 3.04. The van der Waals surface area contributed by atoms with Gasteiger partial charge in [0.05, 0.1) is 19.1 Å². The predicted octanol–water partition coefficient (Wildman–Crippen LogP) is 0.703. The molecule has 118 valence electrons. The first-order chi connectivity index (χ1) is 9.54. The van der Waals surface area contributed by atoms with E-state index in [-0.39, 0.29) is 17.9 Å². The van der Waals surface area contributed by atoms with Crippen molar-refractivity contribution in [1.82, 2.24) is 15.5 Å². The number of rotatable bonds is 8. The standard InChI is InChI=1S/C15H31N3O2/c1-6-11(7-2)14(18(4)5)8-17-15(19)12-9-20-10-13(12)16-3/h11-14,16H,6-10H2,1-5H3,(H,17,19). The summed E-state index contributed by atoms with van der Waals surface area (Å²) in [5, 5.41) is 6.27. The molecule has 1 aliphatic heterocycles. The van der Waals surface area contributed by atoms with Crippen LogP contribution in [-0.4, -0.2) is 63.8 Å². The number of carbonyl (C=O) groups excluding carboxylic acids is 1. The quantitative estimate of drug-likeness (QED) is 0.689. The van der Waals surface area contributed by atoms with Gasteiger partial charge in [0, 0.05) is 18.6 Å². The van der Waals surface area contributed by atoms with Crippen LogP contribution in [0, 0.1) is 11.8 Å². The Morgan fingerprint density at radius 3 is 2.45 bits per heavy atom. The van der Waals surface area contributed by atoms with Crippen molar-refractivity contribution in [2.45, 2.75) is 38.8 Å². The molecule has 1 fully saturated rings. The molecule has 1 heterocycles. The van der Waals surface area contributed by atoms with Crippen molar-refractivity contribution in [2.24, 2.45) is 11.8 Å². The van der Waals surface area contributed by atoms with E-state index in [0.717, 1.165) is 12.8 Å². The van der Waals surface area contributed by atoms with E-state index in [4.69, 9.17) is 4.74 Å². The zero-order chi connectivity index (χ0) is 15.1. The average molecular weight is 285 g/mol. The molecule has 0 radical (unpaired) electrons. The molecule has 1 amide bonds. The summed E-state index contributed by atoms with van der Waals surface area (Å²) in [6.45, 7) is 6.29. The van der Waals surface area contributed by atoms with Crippen molar-refractivity contribution < 1.29 is 9.53 Å². The van der Waals surface area contributed by atoms with E-state index < -0.39 is 0 Å². The van der Waals surface area contributed by atoms with E-state index in [1.165, 1.54) is 0 Å². The molecule has 2 N–H and O–H groups in total. The second-order valence-electron chi connectivity index (χ2n) is 5.89. The molecule has 0 aromatic carbocycles. The number of likely N-dealkylation sites (N-methyl/N-ethyl adjacent to an activating group) is 2. The summed E-state index contributed by atoms with van der Waals surface area (Å²) in [5.41, 5.74) is 0. The molecule has 3 atom stereocenters. The lowest BCUT2D eigenvalue weighted by molar-refractivity contribution is -0.125. The van der Waals surface area contributed by atoms with Gasteiger partial charge in [-0.3, -0.25) is 4.79 Å². The molecule has 0 saturated carbocycles. The van der Waals surface area contributed by atoms with Crippen LogP contribution in [0.25, 0.3) is 0 Å². The number of amides is 1. The highest BCUT2D eigenvalue weighted by atomic mass is 16.5. The van der Waals surface area contributed by atoms with Gasteiger partial charge >= 0.3 is 0 Å². The van der Waals surface area contributed by atoms with E-state index in [0.29, 0.717) is 31.7 Å². The number of carbonyl (C=O) groups is 1. The summed E-state index contributed by atoms with van der Waals surface area (Å²) >= 11 is 0. The van der Waals surface area contributed by atoms with Crippen molar-refractivity contribution in [3.63, 3.8) is 0 Å². The van der Waals surface area contributed by atoms with Crippen molar-refractivity contribution >= 4 is 5.91 Å². The van der Waals surface area contributed by atoms with Gasteiger partial charge in [-0.05, 0) is 27.1 Å². The molecule has 0 aliphatic carbocycles. The fraction of sp³-hybridized carbons (Fsp3) is 0.933. The number of nitrogens with one attached hydrogen (secondary N) is 2. The minimum Gasteiger partial charge on any atom is -0.379 e. The number of hydrogen-bond donors (Lipinski definition) is 2. The van der Waals surface area contributed by atoms with Crippen LogP contribution in [0.2, 0.25) is 0 Å². The van der Waals surface area contributed by atoms with Gasteiger partial charge in [-0.25, -0.2) is 0 Å². The third kappa shape index (κ3) is 4.43. The molecule has 1 rings (SSSR count). The average Bonchev–Trinajstić information content (AvgIpc) is 2.91. The lowest BCUT2D eigenvalue weighted by Crippen LogP contribution is -2.48. The molecule has 0 spiro atoms. The highest BCUT2D eigenvalue weighted by molar-refractivity contribution is 5.79. The predicted molar refractivity (Wildman–Crippen MR) is 81.7 cm³/mol. The molecule has 0 aromatic rings. The van der Waals surface area contributed by atoms with Crippen LogP contribution in [0.15, 0.2) is 0 Å². The first-order valence-corrected chi connectivity index (χ1v) is 7.74. The second kappa shape index (κ2) is 8.60. The summed E-state index contributed by atoms with van der Waals surface area (Å²) in [6.07, 6.45) is 2.28. The molecule has 20 heavy (non-hydrogen) atoms. The molecular weight excluding hydrogens is 254 g/mol. The third-order valence-electron chi connectivity index (χ3n) is 4.53. The van der Waals surface area contributed by atoms with Crippen LogP contribution < -0.4 is 10.6 Å².